The van der Waals surface area contributed by atoms with Gasteiger partial charge in [-0.05, 0) is 37.6 Å². The predicted molar refractivity (Wildman–Crippen MR) is 106 cm³/mol. The van der Waals surface area contributed by atoms with Crippen LogP contribution < -0.4 is 5.73 Å². The van der Waals surface area contributed by atoms with E-state index < -0.39 is 55.9 Å². The molecule has 2 atom stereocenters. The van der Waals surface area contributed by atoms with E-state index in [-0.39, 0.29) is 15.3 Å². The molecule has 0 spiro atoms. The molecular formula is C19H16F5N3O2S2. The molecule has 0 saturated heterocycles. The lowest BCUT2D eigenvalue weighted by molar-refractivity contribution is -0.137. The molecule has 31 heavy (non-hydrogen) atoms. The van der Waals surface area contributed by atoms with Crippen LogP contribution in [-0.2, 0) is 15.4 Å². The molecule has 12 heteroatoms. The SMILES string of the molecule is CC1(CC(F)(F)F)C(N)=N[C@](C)(c2sc(-c3ccc(F)c(C#N)c3)cc2F)CS1(=O)=O. The first-order valence-corrected chi connectivity index (χ1v) is 11.2. The van der Waals surface area contributed by atoms with Gasteiger partial charge in [0.05, 0.1) is 22.6 Å². The summed E-state index contributed by atoms with van der Waals surface area (Å²) in [7, 11) is -4.48. The number of amidine groups is 1. The minimum Gasteiger partial charge on any atom is -0.386 e. The van der Waals surface area contributed by atoms with Crippen molar-refractivity contribution in [1.29, 1.82) is 5.26 Å². The van der Waals surface area contributed by atoms with Crippen LogP contribution in [0.15, 0.2) is 29.3 Å². The summed E-state index contributed by atoms with van der Waals surface area (Å²) in [6, 6.07) is 6.31. The standard InChI is InChI=1S/C19H16F5N3O2S2/c1-17(9-31(28,29)18(2,16(26)27-17)8-19(22,23)24)15-13(21)6-14(30-15)10-3-4-12(20)11(5-10)7-25/h3-6H,8-9H2,1-2H3,(H2,26,27)/t17-,18?/m0/s1. The van der Waals surface area contributed by atoms with Gasteiger partial charge in [0.1, 0.15) is 33.8 Å². The van der Waals surface area contributed by atoms with Crippen molar-refractivity contribution in [1.82, 2.24) is 0 Å². The number of benzene rings is 1. The Labute approximate surface area is 178 Å². The Morgan fingerprint density at radius 2 is 1.87 bits per heavy atom. The minimum atomic E-state index is -4.81. The number of nitrogens with zero attached hydrogens (tertiary/aromatic N) is 2. The Morgan fingerprint density at radius 1 is 1.23 bits per heavy atom. The summed E-state index contributed by atoms with van der Waals surface area (Å²) in [5, 5.41) is 8.97. The molecule has 2 heterocycles. The van der Waals surface area contributed by atoms with E-state index in [1.807, 2.05) is 0 Å². The third-order valence-corrected chi connectivity index (χ3v) is 9.23. The van der Waals surface area contributed by atoms with Crippen LogP contribution in [0.5, 0.6) is 0 Å². The second-order valence-electron chi connectivity index (χ2n) is 7.65. The lowest BCUT2D eigenvalue weighted by atomic mass is 9.99. The molecule has 1 aromatic carbocycles. The fraction of sp³-hybridized carbons (Fsp3) is 0.368. The van der Waals surface area contributed by atoms with E-state index in [0.29, 0.717) is 5.56 Å². The molecular weight excluding hydrogens is 461 g/mol. The molecule has 5 nitrogen and oxygen atoms in total. The molecule has 1 aromatic heterocycles. The molecule has 0 fully saturated rings. The van der Waals surface area contributed by atoms with Crippen molar-refractivity contribution in [2.75, 3.05) is 5.75 Å². The number of halogens is 5. The molecule has 1 aliphatic rings. The van der Waals surface area contributed by atoms with E-state index in [4.69, 9.17) is 11.0 Å². The first-order chi connectivity index (χ1) is 14.1. The zero-order valence-corrected chi connectivity index (χ0v) is 17.9. The Hall–Kier alpha value is -2.52. The van der Waals surface area contributed by atoms with Crippen molar-refractivity contribution < 1.29 is 30.4 Å². The van der Waals surface area contributed by atoms with Crippen LogP contribution >= 0.6 is 11.3 Å². The van der Waals surface area contributed by atoms with Crippen LogP contribution in [-0.4, -0.2) is 30.9 Å². The van der Waals surface area contributed by atoms with Crippen LogP contribution in [0.1, 0.15) is 30.7 Å². The molecule has 0 amide bonds. The molecule has 166 valence electrons. The van der Waals surface area contributed by atoms with Gasteiger partial charge in [0, 0.05) is 4.88 Å². The van der Waals surface area contributed by atoms with Gasteiger partial charge < -0.3 is 5.73 Å². The van der Waals surface area contributed by atoms with Gasteiger partial charge in [-0.25, -0.2) is 17.2 Å². The van der Waals surface area contributed by atoms with Gasteiger partial charge in [-0.15, -0.1) is 11.3 Å². The summed E-state index contributed by atoms with van der Waals surface area (Å²) in [5.74, 6) is -3.22. The monoisotopic (exact) mass is 477 g/mol. The quantitative estimate of drug-likeness (QED) is 0.668. The highest BCUT2D eigenvalue weighted by atomic mass is 32.2. The molecule has 3 rings (SSSR count). The summed E-state index contributed by atoms with van der Waals surface area (Å²) in [4.78, 5) is 4.12. The van der Waals surface area contributed by atoms with E-state index in [9.17, 15) is 30.4 Å². The number of nitriles is 1. The fourth-order valence-corrected chi connectivity index (χ4v) is 6.67. The predicted octanol–water partition coefficient (Wildman–Crippen LogP) is 4.28. The highest BCUT2D eigenvalue weighted by molar-refractivity contribution is 7.93. The zero-order valence-electron chi connectivity index (χ0n) is 16.2. The molecule has 1 unspecified atom stereocenters. The topological polar surface area (TPSA) is 96.3 Å². The van der Waals surface area contributed by atoms with Crippen LogP contribution in [0.25, 0.3) is 10.4 Å². The summed E-state index contributed by atoms with van der Waals surface area (Å²) in [6.45, 7) is 2.13. The van der Waals surface area contributed by atoms with Gasteiger partial charge in [0.15, 0.2) is 9.84 Å². The third-order valence-electron chi connectivity index (χ3n) is 5.15. The maximum atomic E-state index is 14.8. The van der Waals surface area contributed by atoms with Gasteiger partial charge >= 0.3 is 6.18 Å². The van der Waals surface area contributed by atoms with Gasteiger partial charge in [-0.2, -0.15) is 18.4 Å². The van der Waals surface area contributed by atoms with E-state index in [2.05, 4.69) is 4.99 Å². The van der Waals surface area contributed by atoms with Crippen molar-refractivity contribution in [2.45, 2.75) is 36.7 Å². The van der Waals surface area contributed by atoms with Crippen LogP contribution in [0, 0.1) is 23.0 Å². The Morgan fingerprint density at radius 3 is 2.42 bits per heavy atom. The average molecular weight is 477 g/mol. The smallest absolute Gasteiger partial charge is 0.386 e. The van der Waals surface area contributed by atoms with E-state index >= 15 is 0 Å². The second-order valence-corrected chi connectivity index (χ2v) is 11.1. The lowest BCUT2D eigenvalue weighted by Crippen LogP contribution is -2.58. The lowest BCUT2D eigenvalue weighted by Gasteiger charge is -2.39. The van der Waals surface area contributed by atoms with Crippen molar-refractivity contribution >= 4 is 27.0 Å². The minimum absolute atomic E-state index is 0.147. The number of aliphatic imine (C=N–C) groups is 1. The summed E-state index contributed by atoms with van der Waals surface area (Å²) < 4.78 is 90.5. The van der Waals surface area contributed by atoms with E-state index in [1.54, 1.807) is 6.07 Å². The Bertz CT molecular complexity index is 1230. The number of rotatable bonds is 3. The van der Waals surface area contributed by atoms with E-state index in [0.717, 1.165) is 30.4 Å². The first kappa shape index (κ1) is 23.1. The van der Waals surface area contributed by atoms with Gasteiger partial charge in [0.25, 0.3) is 0 Å². The van der Waals surface area contributed by atoms with Gasteiger partial charge in [0.2, 0.25) is 0 Å². The van der Waals surface area contributed by atoms with Gasteiger partial charge in [-0.3, -0.25) is 4.99 Å². The maximum absolute atomic E-state index is 14.8. The van der Waals surface area contributed by atoms with Crippen LogP contribution in [0.3, 0.4) is 0 Å². The van der Waals surface area contributed by atoms with Gasteiger partial charge in [-0.1, -0.05) is 6.07 Å². The number of sulfone groups is 1. The largest absolute Gasteiger partial charge is 0.391 e. The van der Waals surface area contributed by atoms with Crippen molar-refractivity contribution in [3.05, 3.63) is 46.3 Å². The molecule has 0 saturated carbocycles. The third kappa shape index (κ3) is 4.04. The highest BCUT2D eigenvalue weighted by Gasteiger charge is 2.56. The van der Waals surface area contributed by atoms with Crippen molar-refractivity contribution in [3.63, 3.8) is 0 Å². The Kier molecular flexibility index (Phi) is 5.43. The fourth-order valence-electron chi connectivity index (χ4n) is 3.45. The molecule has 2 aromatic rings. The average Bonchev–Trinajstić information content (AvgIpc) is 3.01. The normalized spacial score (nSPS) is 25.7. The summed E-state index contributed by atoms with van der Waals surface area (Å²) >= 11 is 0.803. The Balaban J connectivity index is 2.10. The van der Waals surface area contributed by atoms with Crippen LogP contribution in [0.2, 0.25) is 0 Å². The number of hydrogen-bond donors (Lipinski definition) is 1. The number of nitrogens with two attached hydrogens (primary N) is 1. The summed E-state index contributed by atoms with van der Waals surface area (Å²) in [5.41, 5.74) is 4.01. The zero-order chi connectivity index (χ0) is 23.4. The number of hydrogen-bond acceptors (Lipinski definition) is 6. The molecule has 2 N–H and O–H groups in total. The maximum Gasteiger partial charge on any atom is 0.391 e. The number of thiophene rings is 1. The molecule has 1 aliphatic heterocycles. The molecule has 0 bridgehead atoms. The van der Waals surface area contributed by atoms with Crippen molar-refractivity contribution in [3.8, 4) is 16.5 Å². The number of alkyl halides is 3. The first-order valence-electron chi connectivity index (χ1n) is 8.76. The molecule has 0 aliphatic carbocycles. The molecule has 0 radical (unpaired) electrons. The summed E-state index contributed by atoms with van der Waals surface area (Å²) in [6.07, 6.45) is -6.52. The van der Waals surface area contributed by atoms with Crippen LogP contribution in [0.4, 0.5) is 22.0 Å². The highest BCUT2D eigenvalue weighted by Crippen LogP contribution is 2.45. The second kappa shape index (κ2) is 7.27. The van der Waals surface area contributed by atoms with Crippen molar-refractivity contribution in [2.24, 2.45) is 10.7 Å². The van der Waals surface area contributed by atoms with E-state index in [1.165, 1.54) is 19.1 Å².